The van der Waals surface area contributed by atoms with Crippen LogP contribution in [0.25, 0.3) is 11.4 Å². The predicted octanol–water partition coefficient (Wildman–Crippen LogP) is 4.50. The van der Waals surface area contributed by atoms with Gasteiger partial charge >= 0.3 is 10.4 Å². The van der Waals surface area contributed by atoms with Gasteiger partial charge in [0.1, 0.15) is 10.7 Å². The summed E-state index contributed by atoms with van der Waals surface area (Å²) in [4.78, 5) is 11.8. The van der Waals surface area contributed by atoms with E-state index >= 15 is 0 Å². The molecule has 7 nitrogen and oxygen atoms in total. The van der Waals surface area contributed by atoms with Gasteiger partial charge in [-0.15, -0.1) is 23.2 Å². The van der Waals surface area contributed by atoms with E-state index in [1.165, 1.54) is 0 Å². The molecule has 25 heavy (non-hydrogen) atoms. The fourth-order valence-electron chi connectivity index (χ4n) is 1.52. The van der Waals surface area contributed by atoms with E-state index in [2.05, 4.69) is 15.0 Å². The van der Waals surface area contributed by atoms with Crippen LogP contribution in [0.15, 0.2) is 24.3 Å². The van der Waals surface area contributed by atoms with E-state index < -0.39 is 19.0 Å². The summed E-state index contributed by atoms with van der Waals surface area (Å²) in [6.45, 7) is 1.70. The number of benzene rings is 1. The van der Waals surface area contributed by atoms with Crippen LogP contribution in [0.4, 0.5) is 0 Å². The van der Waals surface area contributed by atoms with Crippen molar-refractivity contribution in [2.45, 2.75) is 15.6 Å². The van der Waals surface area contributed by atoms with E-state index in [0.29, 0.717) is 11.6 Å². The van der Waals surface area contributed by atoms with Crippen LogP contribution in [0.2, 0.25) is 0 Å². The van der Waals surface area contributed by atoms with Gasteiger partial charge in [-0.05, 0) is 12.5 Å². The number of aryl methyl sites for hydroxylation is 1. The fraction of sp³-hybridized carbons (Fsp3) is 0.250. The first-order valence-electron chi connectivity index (χ1n) is 6.15. The van der Waals surface area contributed by atoms with Gasteiger partial charge < -0.3 is 0 Å². The second-order valence-corrected chi connectivity index (χ2v) is 8.67. The summed E-state index contributed by atoms with van der Waals surface area (Å²) in [5, 5.41) is 0. The van der Waals surface area contributed by atoms with Crippen molar-refractivity contribution in [3.63, 3.8) is 0 Å². The Morgan fingerprint density at radius 2 is 1.48 bits per heavy atom. The van der Waals surface area contributed by atoms with E-state index in [9.17, 15) is 0 Å². The topological polar surface area (TPSA) is 113 Å². The number of hydrogen-bond donors (Lipinski definition) is 2. The Bertz CT molecular complexity index is 818. The summed E-state index contributed by atoms with van der Waals surface area (Å²) in [7, 11) is -4.67. The van der Waals surface area contributed by atoms with Gasteiger partial charge in [-0.1, -0.05) is 59.1 Å². The van der Waals surface area contributed by atoms with Crippen LogP contribution in [-0.2, 0) is 14.2 Å². The summed E-state index contributed by atoms with van der Waals surface area (Å²) in [6, 6.07) is 7.16. The predicted molar refractivity (Wildman–Crippen MR) is 97.9 cm³/mol. The lowest BCUT2D eigenvalue weighted by Crippen LogP contribution is -2.11. The molecule has 0 amide bonds. The second kappa shape index (κ2) is 8.96. The molecule has 2 N–H and O–H groups in total. The summed E-state index contributed by atoms with van der Waals surface area (Å²) in [5.74, 6) is 0.973. The molecule has 0 saturated carbocycles. The Labute approximate surface area is 168 Å². The van der Waals surface area contributed by atoms with Crippen LogP contribution in [0.1, 0.15) is 22.0 Å². The first-order chi connectivity index (χ1) is 11.3. The zero-order valence-electron chi connectivity index (χ0n) is 12.2. The maximum Gasteiger partial charge on any atom is 0.394 e. The highest BCUT2D eigenvalue weighted by atomic mass is 35.6. The highest BCUT2D eigenvalue weighted by Crippen LogP contribution is 2.36. The molecular formula is C12H10Cl5N3O4S. The maximum absolute atomic E-state index is 8.74. The molecule has 1 aromatic carbocycles. The van der Waals surface area contributed by atoms with Crippen LogP contribution in [0.5, 0.6) is 0 Å². The molecule has 0 atom stereocenters. The lowest BCUT2D eigenvalue weighted by molar-refractivity contribution is 0.381. The Balaban J connectivity index is 0.000000550. The first kappa shape index (κ1) is 22.6. The first-order valence-corrected chi connectivity index (χ1v) is 9.56. The Morgan fingerprint density at radius 1 is 1.00 bits per heavy atom. The Hall–Kier alpha value is -0.450. The van der Waals surface area contributed by atoms with Gasteiger partial charge in [0.2, 0.25) is 3.79 Å². The van der Waals surface area contributed by atoms with Gasteiger partial charge in [0.25, 0.3) is 0 Å². The minimum Gasteiger partial charge on any atom is -0.264 e. The van der Waals surface area contributed by atoms with Crippen molar-refractivity contribution >= 4 is 68.4 Å². The number of rotatable bonds is 2. The molecule has 1 aromatic heterocycles. The highest BCUT2D eigenvalue weighted by Gasteiger charge is 2.28. The monoisotopic (exact) mass is 467 g/mol. The van der Waals surface area contributed by atoms with Crippen molar-refractivity contribution in [3.05, 3.63) is 41.5 Å². The Kier molecular flexibility index (Phi) is 8.10. The molecule has 0 saturated heterocycles. The zero-order chi connectivity index (χ0) is 19.4. The van der Waals surface area contributed by atoms with Crippen LogP contribution >= 0.6 is 58.0 Å². The van der Waals surface area contributed by atoms with E-state index in [1.807, 2.05) is 0 Å². The molecule has 0 aliphatic rings. The SMILES string of the molecule is Cc1nc(-c2ccc(C(Cl)Cl)cc2)nc(C(Cl)(Cl)Cl)n1.O=S(=O)(O)O. The average molecular weight is 470 g/mol. The highest BCUT2D eigenvalue weighted by molar-refractivity contribution is 7.79. The summed E-state index contributed by atoms with van der Waals surface area (Å²) < 4.78 is 29.9. The third-order valence-electron chi connectivity index (χ3n) is 2.42. The van der Waals surface area contributed by atoms with Crippen molar-refractivity contribution in [2.24, 2.45) is 0 Å². The Morgan fingerprint density at radius 3 is 1.88 bits per heavy atom. The van der Waals surface area contributed by atoms with E-state index in [1.54, 1.807) is 31.2 Å². The van der Waals surface area contributed by atoms with Crippen molar-refractivity contribution in [3.8, 4) is 11.4 Å². The molecule has 0 radical (unpaired) electrons. The van der Waals surface area contributed by atoms with Gasteiger partial charge in [-0.3, -0.25) is 9.11 Å². The number of nitrogens with zero attached hydrogens (tertiary/aromatic N) is 3. The fourth-order valence-corrected chi connectivity index (χ4v) is 2.06. The van der Waals surface area contributed by atoms with E-state index in [-0.39, 0.29) is 5.82 Å². The molecule has 2 rings (SSSR count). The van der Waals surface area contributed by atoms with Gasteiger partial charge in [0.05, 0.1) is 0 Å². The van der Waals surface area contributed by atoms with Gasteiger partial charge in [0, 0.05) is 5.56 Å². The molecule has 1 heterocycles. The molecule has 0 aliphatic carbocycles. The minimum absolute atomic E-state index is 0.0849. The largest absolute Gasteiger partial charge is 0.394 e. The molecule has 0 unspecified atom stereocenters. The third kappa shape index (κ3) is 8.65. The van der Waals surface area contributed by atoms with E-state index in [4.69, 9.17) is 75.5 Å². The van der Waals surface area contributed by atoms with Gasteiger partial charge in [0.15, 0.2) is 11.6 Å². The van der Waals surface area contributed by atoms with Crippen molar-refractivity contribution < 1.29 is 17.5 Å². The number of halogens is 5. The van der Waals surface area contributed by atoms with Crippen molar-refractivity contribution in [2.75, 3.05) is 0 Å². The summed E-state index contributed by atoms with van der Waals surface area (Å²) in [5.41, 5.74) is 1.54. The quantitative estimate of drug-likeness (QED) is 0.492. The third-order valence-corrected chi connectivity index (χ3v) is 3.43. The maximum atomic E-state index is 8.74. The molecule has 0 fully saturated rings. The standard InChI is InChI=1S/C12H8Cl5N3.H2O4S/c1-6-18-10(20-11(19-6)12(15,16)17)8-4-2-7(3-5-8)9(13)14;1-5(2,3)4/h2-5,9H,1H3;(H2,1,2,3,4). The molecule has 138 valence electrons. The molecule has 13 heteroatoms. The van der Waals surface area contributed by atoms with Crippen LogP contribution < -0.4 is 0 Å². The van der Waals surface area contributed by atoms with Crippen LogP contribution in [0.3, 0.4) is 0 Å². The van der Waals surface area contributed by atoms with E-state index in [0.717, 1.165) is 11.1 Å². The van der Waals surface area contributed by atoms with Gasteiger partial charge in [-0.2, -0.15) is 8.42 Å². The van der Waals surface area contributed by atoms with Crippen molar-refractivity contribution in [1.82, 2.24) is 15.0 Å². The average Bonchev–Trinajstić information content (AvgIpc) is 2.44. The van der Waals surface area contributed by atoms with Crippen molar-refractivity contribution in [1.29, 1.82) is 0 Å². The van der Waals surface area contributed by atoms with Crippen LogP contribution in [-0.4, -0.2) is 32.5 Å². The molecule has 0 spiro atoms. The number of aromatic nitrogens is 3. The summed E-state index contributed by atoms with van der Waals surface area (Å²) in [6.07, 6.45) is 0. The lowest BCUT2D eigenvalue weighted by Gasteiger charge is -2.11. The molecule has 0 bridgehead atoms. The van der Waals surface area contributed by atoms with Crippen LogP contribution in [0, 0.1) is 6.92 Å². The summed E-state index contributed by atoms with van der Waals surface area (Å²) >= 11 is 29.0. The number of hydrogen-bond acceptors (Lipinski definition) is 5. The smallest absolute Gasteiger partial charge is 0.264 e. The molecule has 0 aliphatic heterocycles. The minimum atomic E-state index is -4.67. The zero-order valence-corrected chi connectivity index (χ0v) is 16.8. The molecule has 2 aromatic rings. The number of alkyl halides is 5. The second-order valence-electron chi connectivity index (χ2n) is 4.40. The van der Waals surface area contributed by atoms with Gasteiger partial charge in [-0.25, -0.2) is 15.0 Å². The lowest BCUT2D eigenvalue weighted by atomic mass is 10.1. The normalized spacial score (nSPS) is 11.9. The molecular weight excluding hydrogens is 459 g/mol.